The van der Waals surface area contributed by atoms with Crippen molar-refractivity contribution in [3.8, 4) is 5.75 Å². The molecule has 3 heteroatoms. The number of para-hydroxylation sites is 1. The van der Waals surface area contributed by atoms with Gasteiger partial charge in [0.05, 0.1) is 0 Å². The number of hydrogen-bond acceptors (Lipinski definition) is 2. The van der Waals surface area contributed by atoms with Crippen molar-refractivity contribution in [2.75, 3.05) is 0 Å². The molecule has 0 aliphatic carbocycles. The Kier molecular flexibility index (Phi) is 7.07. The lowest BCUT2D eigenvalue weighted by molar-refractivity contribution is -0.139. The third-order valence-electron chi connectivity index (χ3n) is 4.94. The molecule has 1 unspecified atom stereocenters. The van der Waals surface area contributed by atoms with Gasteiger partial charge in [0.1, 0.15) is 5.75 Å². The number of nitrogens with zero attached hydrogens (tertiary/aromatic N) is 1. The van der Waals surface area contributed by atoms with Gasteiger partial charge >= 0.3 is 0 Å². The van der Waals surface area contributed by atoms with Gasteiger partial charge in [0.25, 0.3) is 5.91 Å². The number of ether oxygens (including phenoxy) is 1. The standard InChI is InChI=1S/C26H29NO2/c1-20(2)24-16-10-11-17-25(24)29-21(3)26(28)27(18-22-12-6-4-7-13-22)19-23-14-8-5-9-15-23/h4-17,20-21H,18-19H2,1-3H3. The summed E-state index contributed by atoms with van der Waals surface area (Å²) < 4.78 is 6.13. The summed E-state index contributed by atoms with van der Waals surface area (Å²) in [7, 11) is 0. The molecule has 0 aromatic heterocycles. The van der Waals surface area contributed by atoms with E-state index in [0.29, 0.717) is 19.0 Å². The SMILES string of the molecule is CC(Oc1ccccc1C(C)C)C(=O)N(Cc1ccccc1)Cc1ccccc1. The zero-order valence-electron chi connectivity index (χ0n) is 17.4. The van der Waals surface area contributed by atoms with Crippen molar-refractivity contribution in [3.63, 3.8) is 0 Å². The van der Waals surface area contributed by atoms with Crippen molar-refractivity contribution in [2.45, 2.75) is 45.9 Å². The minimum atomic E-state index is -0.567. The number of benzene rings is 3. The number of carbonyl (C=O) groups excluding carboxylic acids is 1. The third kappa shape index (κ3) is 5.71. The predicted molar refractivity (Wildman–Crippen MR) is 118 cm³/mol. The lowest BCUT2D eigenvalue weighted by Gasteiger charge is -2.27. The lowest BCUT2D eigenvalue weighted by Crippen LogP contribution is -2.39. The molecule has 0 saturated carbocycles. The molecule has 150 valence electrons. The molecular formula is C26H29NO2. The first kappa shape index (κ1) is 20.7. The van der Waals surface area contributed by atoms with Gasteiger partial charge < -0.3 is 9.64 Å². The van der Waals surface area contributed by atoms with Crippen LogP contribution in [0, 0.1) is 0 Å². The quantitative estimate of drug-likeness (QED) is 0.488. The average Bonchev–Trinajstić information content (AvgIpc) is 2.74. The molecule has 0 aliphatic heterocycles. The van der Waals surface area contributed by atoms with Gasteiger partial charge in [0, 0.05) is 13.1 Å². The van der Waals surface area contributed by atoms with Crippen molar-refractivity contribution in [1.29, 1.82) is 0 Å². The van der Waals surface area contributed by atoms with E-state index in [1.165, 1.54) is 0 Å². The van der Waals surface area contributed by atoms with Crippen LogP contribution in [-0.2, 0) is 17.9 Å². The van der Waals surface area contributed by atoms with Crippen molar-refractivity contribution in [1.82, 2.24) is 4.90 Å². The zero-order valence-corrected chi connectivity index (χ0v) is 17.4. The largest absolute Gasteiger partial charge is 0.481 e. The van der Waals surface area contributed by atoms with Gasteiger partial charge in [-0.25, -0.2) is 0 Å². The lowest BCUT2D eigenvalue weighted by atomic mass is 10.0. The second kappa shape index (κ2) is 9.92. The normalized spacial score (nSPS) is 11.9. The maximum atomic E-state index is 13.3. The second-order valence-corrected chi connectivity index (χ2v) is 7.62. The van der Waals surface area contributed by atoms with E-state index >= 15 is 0 Å². The van der Waals surface area contributed by atoms with Crippen LogP contribution in [0.5, 0.6) is 5.75 Å². The van der Waals surface area contributed by atoms with Crippen LogP contribution in [0.3, 0.4) is 0 Å². The molecule has 0 spiro atoms. The average molecular weight is 388 g/mol. The fourth-order valence-electron chi connectivity index (χ4n) is 3.38. The first-order chi connectivity index (χ1) is 14.0. The number of rotatable bonds is 8. The highest BCUT2D eigenvalue weighted by molar-refractivity contribution is 5.81. The summed E-state index contributed by atoms with van der Waals surface area (Å²) in [5.41, 5.74) is 3.32. The van der Waals surface area contributed by atoms with Crippen LogP contribution in [0.25, 0.3) is 0 Å². The number of amides is 1. The van der Waals surface area contributed by atoms with Crippen molar-refractivity contribution in [3.05, 3.63) is 102 Å². The third-order valence-corrected chi connectivity index (χ3v) is 4.94. The second-order valence-electron chi connectivity index (χ2n) is 7.62. The Morgan fingerprint density at radius 3 is 1.76 bits per heavy atom. The highest BCUT2D eigenvalue weighted by Gasteiger charge is 2.23. The van der Waals surface area contributed by atoms with E-state index in [1.807, 2.05) is 90.7 Å². The molecule has 0 bridgehead atoms. The minimum Gasteiger partial charge on any atom is -0.481 e. The van der Waals surface area contributed by atoms with Crippen LogP contribution in [0.15, 0.2) is 84.9 Å². The molecule has 1 amide bonds. The highest BCUT2D eigenvalue weighted by atomic mass is 16.5. The molecule has 0 fully saturated rings. The van der Waals surface area contributed by atoms with Gasteiger partial charge in [0.2, 0.25) is 0 Å². The molecule has 3 aromatic carbocycles. The minimum absolute atomic E-state index is 0.0173. The number of hydrogen-bond donors (Lipinski definition) is 0. The molecule has 0 heterocycles. The zero-order chi connectivity index (χ0) is 20.6. The first-order valence-electron chi connectivity index (χ1n) is 10.2. The van der Waals surface area contributed by atoms with Crippen LogP contribution in [0.4, 0.5) is 0 Å². The van der Waals surface area contributed by atoms with E-state index in [0.717, 1.165) is 22.4 Å². The van der Waals surface area contributed by atoms with E-state index < -0.39 is 6.10 Å². The van der Waals surface area contributed by atoms with Crippen LogP contribution < -0.4 is 4.74 Å². The van der Waals surface area contributed by atoms with E-state index in [4.69, 9.17) is 4.74 Å². The molecule has 3 rings (SSSR count). The number of carbonyl (C=O) groups is 1. The Bertz CT molecular complexity index is 865. The van der Waals surface area contributed by atoms with E-state index in [1.54, 1.807) is 0 Å². The molecular weight excluding hydrogens is 358 g/mol. The van der Waals surface area contributed by atoms with Crippen LogP contribution >= 0.6 is 0 Å². The van der Waals surface area contributed by atoms with Crippen molar-refractivity contribution >= 4 is 5.91 Å². The summed E-state index contributed by atoms with van der Waals surface area (Å²) in [4.78, 5) is 15.2. The Morgan fingerprint density at radius 2 is 1.24 bits per heavy atom. The first-order valence-corrected chi connectivity index (χ1v) is 10.2. The fourth-order valence-corrected chi connectivity index (χ4v) is 3.38. The molecule has 0 radical (unpaired) electrons. The summed E-state index contributed by atoms with van der Waals surface area (Å²) in [6.07, 6.45) is -0.567. The summed E-state index contributed by atoms with van der Waals surface area (Å²) in [5, 5.41) is 0. The maximum absolute atomic E-state index is 13.3. The van der Waals surface area contributed by atoms with Crippen molar-refractivity contribution < 1.29 is 9.53 Å². The summed E-state index contributed by atoms with van der Waals surface area (Å²) in [6.45, 7) is 7.20. The summed E-state index contributed by atoms with van der Waals surface area (Å²) >= 11 is 0. The van der Waals surface area contributed by atoms with Gasteiger partial charge in [-0.3, -0.25) is 4.79 Å². The molecule has 0 N–H and O–H groups in total. The maximum Gasteiger partial charge on any atom is 0.263 e. The Balaban J connectivity index is 1.79. The predicted octanol–water partition coefficient (Wildman–Crippen LogP) is 5.81. The van der Waals surface area contributed by atoms with Gasteiger partial charge in [-0.1, -0.05) is 92.7 Å². The van der Waals surface area contributed by atoms with Crippen LogP contribution in [0.1, 0.15) is 43.4 Å². The van der Waals surface area contributed by atoms with Crippen LogP contribution in [0.2, 0.25) is 0 Å². The van der Waals surface area contributed by atoms with Crippen LogP contribution in [-0.4, -0.2) is 16.9 Å². The van der Waals surface area contributed by atoms with E-state index in [9.17, 15) is 4.79 Å². The van der Waals surface area contributed by atoms with Crippen molar-refractivity contribution in [2.24, 2.45) is 0 Å². The highest BCUT2D eigenvalue weighted by Crippen LogP contribution is 2.27. The molecule has 29 heavy (non-hydrogen) atoms. The van der Waals surface area contributed by atoms with Gasteiger partial charge in [-0.2, -0.15) is 0 Å². The van der Waals surface area contributed by atoms with E-state index in [-0.39, 0.29) is 5.91 Å². The monoisotopic (exact) mass is 387 g/mol. The fraction of sp³-hybridized carbons (Fsp3) is 0.269. The Morgan fingerprint density at radius 1 is 0.759 bits per heavy atom. The van der Waals surface area contributed by atoms with Gasteiger partial charge in [-0.15, -0.1) is 0 Å². The summed E-state index contributed by atoms with van der Waals surface area (Å²) in [5.74, 6) is 1.09. The van der Waals surface area contributed by atoms with Gasteiger partial charge in [-0.05, 0) is 35.6 Å². The smallest absolute Gasteiger partial charge is 0.263 e. The molecule has 3 aromatic rings. The Labute approximate surface area is 174 Å². The molecule has 0 saturated heterocycles. The Hall–Kier alpha value is -3.07. The summed E-state index contributed by atoms with van der Waals surface area (Å²) in [6, 6.07) is 28.1. The topological polar surface area (TPSA) is 29.5 Å². The molecule has 1 atom stereocenters. The van der Waals surface area contributed by atoms with E-state index in [2.05, 4.69) is 19.9 Å². The molecule has 0 aliphatic rings. The van der Waals surface area contributed by atoms with Gasteiger partial charge in [0.15, 0.2) is 6.10 Å². The molecule has 3 nitrogen and oxygen atoms in total.